The second kappa shape index (κ2) is 10.1. The fraction of sp³-hybridized carbons (Fsp3) is 0.292. The van der Waals surface area contributed by atoms with Gasteiger partial charge in [0.05, 0.1) is 16.7 Å². The predicted octanol–water partition coefficient (Wildman–Crippen LogP) is 3.88. The molecule has 1 amide bonds. The van der Waals surface area contributed by atoms with Crippen molar-refractivity contribution < 1.29 is 13.2 Å². The molecule has 0 spiro atoms. The molecule has 0 aliphatic rings. The number of carbonyl (C=O) groups excluding carboxylic acids is 1. The van der Waals surface area contributed by atoms with Gasteiger partial charge in [0.2, 0.25) is 15.9 Å². The number of aromatic nitrogens is 3. The molecule has 4 aromatic rings. The van der Waals surface area contributed by atoms with Crippen LogP contribution in [0.1, 0.15) is 32.4 Å². The number of nitrogens with zero attached hydrogens (tertiary/aromatic N) is 4. The van der Waals surface area contributed by atoms with Crippen LogP contribution in [0, 0.1) is 0 Å². The smallest absolute Gasteiger partial charge is 0.244 e. The van der Waals surface area contributed by atoms with Crippen molar-refractivity contribution in [1.29, 1.82) is 0 Å². The fourth-order valence-electron chi connectivity index (χ4n) is 3.93. The molecule has 34 heavy (non-hydrogen) atoms. The lowest BCUT2D eigenvalue weighted by Crippen LogP contribution is -2.30. The van der Waals surface area contributed by atoms with Gasteiger partial charge in [0.25, 0.3) is 0 Å². The van der Waals surface area contributed by atoms with Crippen molar-refractivity contribution in [2.24, 2.45) is 0 Å². The van der Waals surface area contributed by atoms with E-state index in [1.165, 1.54) is 28.3 Å². The normalized spacial score (nSPS) is 12.9. The van der Waals surface area contributed by atoms with E-state index in [2.05, 4.69) is 15.5 Å². The van der Waals surface area contributed by atoms with Gasteiger partial charge in [0.15, 0.2) is 10.8 Å². The SMILES string of the molecule is CCN(CC)S(=O)(=O)c1ccc2nnc(SCC(=O)NC(C)c3cccc4ccccc34)n2c1. The van der Waals surface area contributed by atoms with Crippen LogP contribution in [-0.2, 0) is 14.8 Å². The minimum Gasteiger partial charge on any atom is -0.349 e. The summed E-state index contributed by atoms with van der Waals surface area (Å²) in [5, 5.41) is 14.0. The summed E-state index contributed by atoms with van der Waals surface area (Å²) in [7, 11) is -3.61. The number of carbonyl (C=O) groups is 1. The highest BCUT2D eigenvalue weighted by atomic mass is 32.2. The first-order chi connectivity index (χ1) is 16.3. The van der Waals surface area contributed by atoms with Crippen LogP contribution >= 0.6 is 11.8 Å². The number of thioether (sulfide) groups is 1. The molecule has 0 bridgehead atoms. The molecule has 0 aliphatic carbocycles. The molecule has 8 nitrogen and oxygen atoms in total. The number of fused-ring (bicyclic) bond motifs is 2. The molecule has 1 atom stereocenters. The van der Waals surface area contributed by atoms with E-state index in [1.54, 1.807) is 24.3 Å². The third-order valence-electron chi connectivity index (χ3n) is 5.69. The number of sulfonamides is 1. The van der Waals surface area contributed by atoms with Crippen LogP contribution in [0.25, 0.3) is 16.4 Å². The average molecular weight is 498 g/mol. The molecular weight excluding hydrogens is 470 g/mol. The van der Waals surface area contributed by atoms with Crippen LogP contribution in [0.15, 0.2) is 70.8 Å². The van der Waals surface area contributed by atoms with E-state index in [-0.39, 0.29) is 22.6 Å². The Morgan fingerprint density at radius 2 is 1.79 bits per heavy atom. The Labute approximate surface area is 203 Å². The summed E-state index contributed by atoms with van der Waals surface area (Å²) in [4.78, 5) is 12.9. The quantitative estimate of drug-likeness (QED) is 0.353. The van der Waals surface area contributed by atoms with Crippen LogP contribution in [0.2, 0.25) is 0 Å². The molecule has 0 saturated carbocycles. The van der Waals surface area contributed by atoms with Gasteiger partial charge in [-0.15, -0.1) is 10.2 Å². The fourth-order valence-corrected chi connectivity index (χ4v) is 6.12. The van der Waals surface area contributed by atoms with Crippen LogP contribution in [0.3, 0.4) is 0 Å². The molecular formula is C24H27N5O3S2. The molecule has 1 unspecified atom stereocenters. The third-order valence-corrected chi connectivity index (χ3v) is 8.66. The topological polar surface area (TPSA) is 96.7 Å². The number of nitrogens with one attached hydrogen (secondary N) is 1. The lowest BCUT2D eigenvalue weighted by Gasteiger charge is -2.18. The highest BCUT2D eigenvalue weighted by Crippen LogP contribution is 2.25. The van der Waals surface area contributed by atoms with Gasteiger partial charge in [-0.3, -0.25) is 9.20 Å². The van der Waals surface area contributed by atoms with Crippen molar-refractivity contribution in [1.82, 2.24) is 24.2 Å². The summed E-state index contributed by atoms with van der Waals surface area (Å²) in [6, 6.07) is 17.1. The van der Waals surface area contributed by atoms with Crippen molar-refractivity contribution in [3.05, 3.63) is 66.4 Å². The summed E-state index contributed by atoms with van der Waals surface area (Å²) in [6.07, 6.45) is 1.52. The van der Waals surface area contributed by atoms with Gasteiger partial charge >= 0.3 is 0 Å². The Hall–Kier alpha value is -2.95. The monoisotopic (exact) mass is 497 g/mol. The van der Waals surface area contributed by atoms with Crippen molar-refractivity contribution in [2.75, 3.05) is 18.8 Å². The van der Waals surface area contributed by atoms with Gasteiger partial charge in [-0.1, -0.05) is 68.1 Å². The van der Waals surface area contributed by atoms with E-state index in [4.69, 9.17) is 0 Å². The van der Waals surface area contributed by atoms with Gasteiger partial charge in [-0.2, -0.15) is 4.31 Å². The predicted molar refractivity (Wildman–Crippen MR) is 134 cm³/mol. The van der Waals surface area contributed by atoms with Crippen molar-refractivity contribution >= 4 is 44.1 Å². The van der Waals surface area contributed by atoms with Crippen LogP contribution in [-0.4, -0.2) is 52.1 Å². The third kappa shape index (κ3) is 4.79. The average Bonchev–Trinajstić information content (AvgIpc) is 3.25. The minimum atomic E-state index is -3.61. The maximum absolute atomic E-state index is 12.9. The summed E-state index contributed by atoms with van der Waals surface area (Å²) in [5.41, 5.74) is 1.57. The Morgan fingerprint density at radius 1 is 1.06 bits per heavy atom. The maximum atomic E-state index is 12.9. The first-order valence-corrected chi connectivity index (χ1v) is 13.5. The Kier molecular flexibility index (Phi) is 7.20. The van der Waals surface area contributed by atoms with Crippen molar-refractivity contribution in [3.63, 3.8) is 0 Å². The number of rotatable bonds is 9. The number of benzene rings is 2. The van der Waals surface area contributed by atoms with E-state index >= 15 is 0 Å². The second-order valence-corrected chi connectivity index (χ2v) is 10.7. The highest BCUT2D eigenvalue weighted by molar-refractivity contribution is 7.99. The van der Waals surface area contributed by atoms with E-state index in [0.717, 1.165) is 16.3 Å². The minimum absolute atomic E-state index is 0.128. The molecule has 2 aromatic heterocycles. The molecule has 10 heteroatoms. The molecule has 2 heterocycles. The number of pyridine rings is 1. The molecule has 0 saturated heterocycles. The molecule has 2 aromatic carbocycles. The summed E-state index contributed by atoms with van der Waals surface area (Å²) >= 11 is 1.21. The van der Waals surface area contributed by atoms with E-state index in [1.807, 2.05) is 49.4 Å². The van der Waals surface area contributed by atoms with Crippen LogP contribution in [0.5, 0.6) is 0 Å². The molecule has 0 fully saturated rings. The first kappa shape index (κ1) is 24.2. The van der Waals surface area contributed by atoms with Crippen LogP contribution in [0.4, 0.5) is 0 Å². The molecule has 0 radical (unpaired) electrons. The Bertz CT molecular complexity index is 1430. The van der Waals surface area contributed by atoms with Crippen molar-refractivity contribution in [2.45, 2.75) is 36.9 Å². The van der Waals surface area contributed by atoms with E-state index < -0.39 is 10.0 Å². The molecule has 178 valence electrons. The van der Waals surface area contributed by atoms with Gasteiger partial charge in [-0.25, -0.2) is 8.42 Å². The lowest BCUT2D eigenvalue weighted by molar-refractivity contribution is -0.119. The van der Waals surface area contributed by atoms with E-state index in [0.29, 0.717) is 23.9 Å². The molecule has 1 N–H and O–H groups in total. The zero-order chi connectivity index (χ0) is 24.3. The number of amides is 1. The van der Waals surface area contributed by atoms with Crippen molar-refractivity contribution in [3.8, 4) is 0 Å². The zero-order valence-corrected chi connectivity index (χ0v) is 20.9. The lowest BCUT2D eigenvalue weighted by atomic mass is 10.00. The standard InChI is InChI=1S/C24H27N5O3S2/c1-4-28(5-2)34(31,32)19-13-14-22-26-27-24(29(22)15-19)33-16-23(30)25-17(3)20-12-8-10-18-9-6-7-11-21(18)20/h6-15,17H,4-5,16H2,1-3H3,(H,25,30). The van der Waals surface area contributed by atoms with E-state index in [9.17, 15) is 13.2 Å². The molecule has 0 aliphatic heterocycles. The zero-order valence-electron chi connectivity index (χ0n) is 19.3. The number of hydrogen-bond donors (Lipinski definition) is 1. The maximum Gasteiger partial charge on any atom is 0.244 e. The summed E-state index contributed by atoms with van der Waals surface area (Å²) in [6.45, 7) is 6.33. The van der Waals surface area contributed by atoms with Gasteiger partial charge in [0.1, 0.15) is 0 Å². The summed E-state index contributed by atoms with van der Waals surface area (Å²) in [5.74, 6) is -0.0165. The second-order valence-electron chi connectivity index (χ2n) is 7.81. The van der Waals surface area contributed by atoms with Gasteiger partial charge in [0, 0.05) is 19.3 Å². The number of hydrogen-bond acceptors (Lipinski definition) is 6. The highest BCUT2D eigenvalue weighted by Gasteiger charge is 2.23. The van der Waals surface area contributed by atoms with Crippen LogP contribution < -0.4 is 5.32 Å². The van der Waals surface area contributed by atoms with Gasteiger partial charge < -0.3 is 5.32 Å². The Balaban J connectivity index is 1.48. The Morgan fingerprint density at radius 3 is 2.56 bits per heavy atom. The van der Waals surface area contributed by atoms with Gasteiger partial charge in [-0.05, 0) is 35.4 Å². The first-order valence-electron chi connectivity index (χ1n) is 11.1. The summed E-state index contributed by atoms with van der Waals surface area (Å²) < 4.78 is 28.8. The molecule has 4 rings (SSSR count). The largest absolute Gasteiger partial charge is 0.349 e.